The van der Waals surface area contributed by atoms with Gasteiger partial charge in [0.15, 0.2) is 0 Å². The summed E-state index contributed by atoms with van der Waals surface area (Å²) in [6, 6.07) is 4.96. The van der Waals surface area contributed by atoms with E-state index in [1.54, 1.807) is 24.0 Å². The van der Waals surface area contributed by atoms with Gasteiger partial charge in [-0.2, -0.15) is 0 Å². The molecule has 0 saturated heterocycles. The maximum Gasteiger partial charge on any atom is 0.243 e. The molecular formula is C19H26Cl2N2O2. The minimum absolute atomic E-state index is 0.0561. The molecule has 0 spiro atoms. The van der Waals surface area contributed by atoms with Crippen LogP contribution in [0.4, 0.5) is 0 Å². The number of rotatable bonds is 7. The molecule has 2 amide bonds. The first-order valence-corrected chi connectivity index (χ1v) is 9.75. The fraction of sp³-hybridized carbons (Fsp3) is 0.579. The molecule has 1 aliphatic rings. The van der Waals surface area contributed by atoms with Gasteiger partial charge in [-0.05, 0) is 37.0 Å². The van der Waals surface area contributed by atoms with E-state index in [9.17, 15) is 9.59 Å². The number of benzene rings is 1. The van der Waals surface area contributed by atoms with Gasteiger partial charge in [0.05, 0.1) is 0 Å². The molecule has 0 aliphatic heterocycles. The van der Waals surface area contributed by atoms with Crippen molar-refractivity contribution >= 4 is 35.0 Å². The van der Waals surface area contributed by atoms with Crippen molar-refractivity contribution in [1.82, 2.24) is 10.2 Å². The number of nitrogens with zero attached hydrogens (tertiary/aromatic N) is 1. The highest BCUT2D eigenvalue weighted by atomic mass is 35.5. The highest BCUT2D eigenvalue weighted by molar-refractivity contribution is 6.35. The number of hydrogen-bond acceptors (Lipinski definition) is 2. The summed E-state index contributed by atoms with van der Waals surface area (Å²) in [6.45, 7) is 4.04. The van der Waals surface area contributed by atoms with Crippen LogP contribution in [0.3, 0.4) is 0 Å². The van der Waals surface area contributed by atoms with Gasteiger partial charge in [0.25, 0.3) is 0 Å². The van der Waals surface area contributed by atoms with Gasteiger partial charge in [0.2, 0.25) is 11.8 Å². The first-order chi connectivity index (χ1) is 12.0. The monoisotopic (exact) mass is 384 g/mol. The van der Waals surface area contributed by atoms with E-state index in [1.165, 1.54) is 0 Å². The van der Waals surface area contributed by atoms with Crippen LogP contribution in [-0.2, 0) is 16.1 Å². The van der Waals surface area contributed by atoms with Crippen LogP contribution >= 0.6 is 23.2 Å². The minimum atomic E-state index is -0.486. The molecule has 1 N–H and O–H groups in total. The van der Waals surface area contributed by atoms with Crippen molar-refractivity contribution in [3.8, 4) is 0 Å². The standard InChI is InChI=1S/C19H26Cl2N2O2/c1-3-17(19(25)22-15-7-5-6-8-15)23(18(24)4-2)12-13-9-10-14(20)11-16(13)21/h9-11,15,17H,3-8,12H2,1-2H3,(H,22,25). The van der Waals surface area contributed by atoms with Crippen molar-refractivity contribution in [3.05, 3.63) is 33.8 Å². The second-order valence-corrected chi connectivity index (χ2v) is 7.37. The Hall–Kier alpha value is -1.26. The lowest BCUT2D eigenvalue weighted by Gasteiger charge is -2.31. The molecule has 4 nitrogen and oxygen atoms in total. The van der Waals surface area contributed by atoms with Crippen molar-refractivity contribution in [2.45, 2.75) is 71.0 Å². The van der Waals surface area contributed by atoms with Gasteiger partial charge in [-0.15, -0.1) is 0 Å². The Morgan fingerprint density at radius 3 is 2.48 bits per heavy atom. The summed E-state index contributed by atoms with van der Waals surface area (Å²) in [7, 11) is 0. The molecule has 1 aromatic carbocycles. The molecule has 0 aromatic heterocycles. The van der Waals surface area contributed by atoms with Gasteiger partial charge < -0.3 is 10.2 Å². The quantitative estimate of drug-likeness (QED) is 0.748. The molecule has 0 heterocycles. The van der Waals surface area contributed by atoms with E-state index in [0.29, 0.717) is 29.4 Å². The third kappa shape index (κ3) is 5.35. The van der Waals surface area contributed by atoms with E-state index in [2.05, 4.69) is 5.32 Å². The summed E-state index contributed by atoms with van der Waals surface area (Å²) in [5.74, 6) is -0.124. The van der Waals surface area contributed by atoms with Crippen LogP contribution in [0.1, 0.15) is 57.9 Å². The summed E-state index contributed by atoms with van der Waals surface area (Å²) in [4.78, 5) is 26.9. The van der Waals surface area contributed by atoms with Crippen molar-refractivity contribution < 1.29 is 9.59 Å². The van der Waals surface area contributed by atoms with E-state index >= 15 is 0 Å². The Morgan fingerprint density at radius 2 is 1.92 bits per heavy atom. The third-order valence-electron chi connectivity index (χ3n) is 4.75. The Kier molecular flexibility index (Phi) is 7.57. The van der Waals surface area contributed by atoms with E-state index in [1.807, 2.05) is 13.0 Å². The second-order valence-electron chi connectivity index (χ2n) is 6.52. The van der Waals surface area contributed by atoms with Crippen molar-refractivity contribution in [1.29, 1.82) is 0 Å². The Morgan fingerprint density at radius 1 is 1.24 bits per heavy atom. The minimum Gasteiger partial charge on any atom is -0.352 e. The van der Waals surface area contributed by atoms with Gasteiger partial charge in [-0.1, -0.05) is 56.0 Å². The van der Waals surface area contributed by atoms with Crippen LogP contribution in [0, 0.1) is 0 Å². The number of amides is 2. The molecule has 1 saturated carbocycles. The van der Waals surface area contributed by atoms with Crippen LogP contribution in [0.5, 0.6) is 0 Å². The van der Waals surface area contributed by atoms with Crippen molar-refractivity contribution in [2.75, 3.05) is 0 Å². The molecule has 1 aliphatic carbocycles. The number of halogens is 2. The SMILES string of the molecule is CCC(=O)N(Cc1ccc(Cl)cc1Cl)C(CC)C(=O)NC1CCCC1. The van der Waals surface area contributed by atoms with Gasteiger partial charge in [0, 0.05) is 29.1 Å². The average Bonchev–Trinajstić information content (AvgIpc) is 3.08. The molecule has 2 rings (SSSR count). The topological polar surface area (TPSA) is 49.4 Å². The van der Waals surface area contributed by atoms with Crippen LogP contribution in [0.2, 0.25) is 10.0 Å². The van der Waals surface area contributed by atoms with Gasteiger partial charge in [-0.3, -0.25) is 9.59 Å². The third-order valence-corrected chi connectivity index (χ3v) is 5.33. The van der Waals surface area contributed by atoms with Crippen LogP contribution in [-0.4, -0.2) is 28.8 Å². The average molecular weight is 385 g/mol. The fourth-order valence-corrected chi connectivity index (χ4v) is 3.79. The largest absolute Gasteiger partial charge is 0.352 e. The molecule has 138 valence electrons. The van der Waals surface area contributed by atoms with Crippen LogP contribution < -0.4 is 5.32 Å². The molecule has 0 bridgehead atoms. The van der Waals surface area contributed by atoms with Crippen molar-refractivity contribution in [2.24, 2.45) is 0 Å². The normalized spacial score (nSPS) is 15.8. The molecule has 25 heavy (non-hydrogen) atoms. The van der Waals surface area contributed by atoms with Crippen LogP contribution in [0.25, 0.3) is 0 Å². The first kappa shape index (κ1) is 20.1. The molecule has 1 atom stereocenters. The van der Waals surface area contributed by atoms with E-state index < -0.39 is 6.04 Å². The number of carbonyl (C=O) groups is 2. The number of carbonyl (C=O) groups excluding carboxylic acids is 2. The van der Waals surface area contributed by atoms with Gasteiger partial charge in [0.1, 0.15) is 6.04 Å². The zero-order valence-corrected chi connectivity index (χ0v) is 16.4. The molecule has 0 radical (unpaired) electrons. The predicted molar refractivity (Wildman–Crippen MR) is 102 cm³/mol. The number of nitrogens with one attached hydrogen (secondary N) is 1. The highest BCUT2D eigenvalue weighted by Crippen LogP contribution is 2.24. The zero-order valence-electron chi connectivity index (χ0n) is 14.9. The predicted octanol–water partition coefficient (Wildman–Crippen LogP) is 4.57. The van der Waals surface area contributed by atoms with E-state index in [-0.39, 0.29) is 17.9 Å². The molecule has 1 fully saturated rings. The maximum atomic E-state index is 12.8. The summed E-state index contributed by atoms with van der Waals surface area (Å²) in [5, 5.41) is 4.17. The van der Waals surface area contributed by atoms with Gasteiger partial charge in [-0.25, -0.2) is 0 Å². The lowest BCUT2D eigenvalue weighted by molar-refractivity contribution is -0.141. The summed E-state index contributed by atoms with van der Waals surface area (Å²) in [5.41, 5.74) is 0.792. The maximum absolute atomic E-state index is 12.8. The smallest absolute Gasteiger partial charge is 0.243 e. The van der Waals surface area contributed by atoms with Crippen molar-refractivity contribution in [3.63, 3.8) is 0 Å². The molecule has 6 heteroatoms. The number of hydrogen-bond donors (Lipinski definition) is 1. The van der Waals surface area contributed by atoms with E-state index in [0.717, 1.165) is 31.2 Å². The Balaban J connectivity index is 2.17. The van der Waals surface area contributed by atoms with Gasteiger partial charge >= 0.3 is 0 Å². The summed E-state index contributed by atoms with van der Waals surface area (Å²) in [6.07, 6.45) is 5.26. The Bertz CT molecular complexity index is 615. The zero-order chi connectivity index (χ0) is 18.4. The summed E-state index contributed by atoms with van der Waals surface area (Å²) >= 11 is 12.2. The fourth-order valence-electron chi connectivity index (χ4n) is 3.32. The molecule has 1 aromatic rings. The van der Waals surface area contributed by atoms with E-state index in [4.69, 9.17) is 23.2 Å². The van der Waals surface area contributed by atoms with Crippen LogP contribution in [0.15, 0.2) is 18.2 Å². The lowest BCUT2D eigenvalue weighted by Crippen LogP contribution is -2.50. The Labute approximate surface area is 159 Å². The lowest BCUT2D eigenvalue weighted by atomic mass is 10.1. The molecule has 1 unspecified atom stereocenters. The second kappa shape index (κ2) is 9.44. The summed E-state index contributed by atoms with van der Waals surface area (Å²) < 4.78 is 0. The first-order valence-electron chi connectivity index (χ1n) is 9.00. The highest BCUT2D eigenvalue weighted by Gasteiger charge is 2.30. The molecular weight excluding hydrogens is 359 g/mol.